The summed E-state index contributed by atoms with van der Waals surface area (Å²) < 4.78 is 10.7. The summed E-state index contributed by atoms with van der Waals surface area (Å²) in [5.41, 5.74) is 2.73. The van der Waals surface area contributed by atoms with Gasteiger partial charge in [-0.15, -0.1) is 11.3 Å². The Morgan fingerprint density at radius 2 is 2.12 bits per heavy atom. The van der Waals surface area contributed by atoms with E-state index >= 15 is 0 Å². The second-order valence-electron chi connectivity index (χ2n) is 5.83. The van der Waals surface area contributed by atoms with E-state index in [1.54, 1.807) is 6.20 Å². The van der Waals surface area contributed by atoms with E-state index in [1.807, 2.05) is 41.8 Å². The number of hydrogen-bond donors (Lipinski definition) is 1. The summed E-state index contributed by atoms with van der Waals surface area (Å²) in [7, 11) is 0. The van der Waals surface area contributed by atoms with E-state index in [1.165, 1.54) is 11.3 Å². The first-order chi connectivity index (χ1) is 12.8. The molecule has 1 aromatic carbocycles. The van der Waals surface area contributed by atoms with Crippen LogP contribution in [0.3, 0.4) is 0 Å². The van der Waals surface area contributed by atoms with Gasteiger partial charge in [-0.05, 0) is 43.2 Å². The van der Waals surface area contributed by atoms with Crippen molar-refractivity contribution in [2.24, 2.45) is 0 Å². The first-order valence-corrected chi connectivity index (χ1v) is 9.21. The van der Waals surface area contributed by atoms with Gasteiger partial charge in [-0.3, -0.25) is 9.78 Å². The van der Waals surface area contributed by atoms with Gasteiger partial charge in [0.1, 0.15) is 0 Å². The minimum atomic E-state index is -0.0347. The van der Waals surface area contributed by atoms with Crippen LogP contribution in [0, 0.1) is 0 Å². The second-order valence-corrected chi connectivity index (χ2v) is 6.69. The number of thiazole rings is 1. The summed E-state index contributed by atoms with van der Waals surface area (Å²) in [5, 5.41) is 5.38. The molecule has 0 unspecified atom stereocenters. The lowest BCUT2D eigenvalue weighted by atomic mass is 10.1. The number of anilines is 1. The average Bonchev–Trinajstić information content (AvgIpc) is 3.31. The first kappa shape index (κ1) is 16.5. The molecule has 1 aliphatic rings. The molecule has 1 aliphatic heterocycles. The summed E-state index contributed by atoms with van der Waals surface area (Å²) in [5.74, 6) is 1.42. The Bertz CT molecular complexity index is 911. The highest BCUT2D eigenvalue weighted by atomic mass is 32.1. The first-order valence-electron chi connectivity index (χ1n) is 8.33. The van der Waals surface area contributed by atoms with Crippen molar-refractivity contribution in [3.05, 3.63) is 53.7 Å². The molecule has 1 amide bonds. The minimum Gasteiger partial charge on any atom is -0.454 e. The van der Waals surface area contributed by atoms with E-state index in [0.29, 0.717) is 11.6 Å². The van der Waals surface area contributed by atoms with E-state index in [2.05, 4.69) is 15.3 Å². The summed E-state index contributed by atoms with van der Waals surface area (Å²) in [6, 6.07) is 11.5. The fraction of sp³-hybridized carbons (Fsp3) is 0.211. The Kier molecular flexibility index (Phi) is 4.79. The SMILES string of the molecule is O=C(CCCc1ccccn1)Nc1nc(-c2ccc3c(c2)OCO3)cs1. The van der Waals surface area contributed by atoms with Crippen LogP contribution in [0.25, 0.3) is 11.3 Å². The lowest BCUT2D eigenvalue weighted by Crippen LogP contribution is -2.11. The zero-order chi connectivity index (χ0) is 17.8. The monoisotopic (exact) mass is 367 g/mol. The number of rotatable bonds is 6. The van der Waals surface area contributed by atoms with Crippen LogP contribution in [0.15, 0.2) is 48.0 Å². The van der Waals surface area contributed by atoms with Crippen LogP contribution in [0.1, 0.15) is 18.5 Å². The van der Waals surface area contributed by atoms with Gasteiger partial charge in [0.25, 0.3) is 0 Å². The molecule has 0 fully saturated rings. The van der Waals surface area contributed by atoms with Gasteiger partial charge in [0, 0.05) is 29.3 Å². The Morgan fingerprint density at radius 1 is 1.19 bits per heavy atom. The van der Waals surface area contributed by atoms with Gasteiger partial charge >= 0.3 is 0 Å². The fourth-order valence-electron chi connectivity index (χ4n) is 2.68. The number of ether oxygens (including phenoxy) is 2. The Labute approximate surface area is 154 Å². The number of aromatic nitrogens is 2. The van der Waals surface area contributed by atoms with Crippen LogP contribution < -0.4 is 14.8 Å². The molecule has 26 heavy (non-hydrogen) atoms. The van der Waals surface area contributed by atoms with Crippen molar-refractivity contribution in [2.45, 2.75) is 19.3 Å². The number of aryl methyl sites for hydroxylation is 1. The maximum Gasteiger partial charge on any atom is 0.231 e. The van der Waals surface area contributed by atoms with Crippen LogP contribution in [-0.2, 0) is 11.2 Å². The average molecular weight is 367 g/mol. The Morgan fingerprint density at radius 3 is 3.00 bits per heavy atom. The molecule has 132 valence electrons. The van der Waals surface area contributed by atoms with Crippen LogP contribution in [-0.4, -0.2) is 22.7 Å². The number of benzene rings is 1. The largest absolute Gasteiger partial charge is 0.454 e. The van der Waals surface area contributed by atoms with Crippen LogP contribution in [0.4, 0.5) is 5.13 Å². The Hall–Kier alpha value is -2.93. The molecule has 3 heterocycles. The molecule has 0 atom stereocenters. The molecule has 0 bridgehead atoms. The molecule has 4 rings (SSSR count). The number of carbonyl (C=O) groups excluding carboxylic acids is 1. The zero-order valence-corrected chi connectivity index (χ0v) is 14.8. The number of amides is 1. The summed E-state index contributed by atoms with van der Waals surface area (Å²) >= 11 is 1.41. The highest BCUT2D eigenvalue weighted by Gasteiger charge is 2.15. The van der Waals surface area contributed by atoms with Gasteiger partial charge in [0.15, 0.2) is 16.6 Å². The van der Waals surface area contributed by atoms with E-state index in [0.717, 1.165) is 41.3 Å². The summed E-state index contributed by atoms with van der Waals surface area (Å²) in [4.78, 5) is 20.9. The van der Waals surface area contributed by atoms with Gasteiger partial charge in [0.05, 0.1) is 5.69 Å². The lowest BCUT2D eigenvalue weighted by Gasteiger charge is -2.02. The molecule has 6 nitrogen and oxygen atoms in total. The lowest BCUT2D eigenvalue weighted by molar-refractivity contribution is -0.116. The number of hydrogen-bond acceptors (Lipinski definition) is 6. The molecule has 1 N–H and O–H groups in total. The smallest absolute Gasteiger partial charge is 0.231 e. The third-order valence-electron chi connectivity index (χ3n) is 3.98. The van der Waals surface area contributed by atoms with Crippen LogP contribution in [0.5, 0.6) is 11.5 Å². The zero-order valence-electron chi connectivity index (χ0n) is 14.0. The van der Waals surface area contributed by atoms with Gasteiger partial charge < -0.3 is 14.8 Å². The molecule has 3 aromatic rings. The van der Waals surface area contributed by atoms with Gasteiger partial charge in [0.2, 0.25) is 12.7 Å². The molecule has 0 spiro atoms. The Balaban J connectivity index is 1.32. The highest BCUT2D eigenvalue weighted by molar-refractivity contribution is 7.14. The minimum absolute atomic E-state index is 0.0347. The molecule has 0 saturated carbocycles. The summed E-state index contributed by atoms with van der Waals surface area (Å²) in [6.45, 7) is 0.246. The molecule has 7 heteroatoms. The van der Waals surface area contributed by atoms with Crippen molar-refractivity contribution in [1.29, 1.82) is 0 Å². The molecule has 0 saturated heterocycles. The van der Waals surface area contributed by atoms with Crippen LogP contribution >= 0.6 is 11.3 Å². The fourth-order valence-corrected chi connectivity index (χ4v) is 3.41. The molecule has 0 aliphatic carbocycles. The summed E-state index contributed by atoms with van der Waals surface area (Å²) in [6.07, 6.45) is 3.75. The topological polar surface area (TPSA) is 73.3 Å². The van der Waals surface area contributed by atoms with Gasteiger partial charge in [-0.2, -0.15) is 0 Å². The second kappa shape index (κ2) is 7.53. The molecular formula is C19H17N3O3S. The predicted molar refractivity (Wildman–Crippen MR) is 99.5 cm³/mol. The number of carbonyl (C=O) groups is 1. The molecule has 2 aromatic heterocycles. The van der Waals surface area contributed by atoms with Crippen molar-refractivity contribution in [2.75, 3.05) is 12.1 Å². The van der Waals surface area contributed by atoms with Crippen molar-refractivity contribution in [1.82, 2.24) is 9.97 Å². The maximum atomic E-state index is 12.1. The number of fused-ring (bicyclic) bond motifs is 1. The van der Waals surface area contributed by atoms with Crippen molar-refractivity contribution in [3.63, 3.8) is 0 Å². The third-order valence-corrected chi connectivity index (χ3v) is 4.74. The molecule has 0 radical (unpaired) electrons. The normalized spacial score (nSPS) is 12.2. The number of pyridine rings is 1. The standard InChI is InChI=1S/C19H17N3O3S/c23-18(6-3-5-14-4-1-2-9-20-14)22-19-21-15(11-26-19)13-7-8-16-17(10-13)25-12-24-16/h1-2,4,7-11H,3,5-6,12H2,(H,21,22,23). The predicted octanol–water partition coefficient (Wildman–Crippen LogP) is 3.90. The van der Waals surface area contributed by atoms with Gasteiger partial charge in [-0.1, -0.05) is 6.07 Å². The maximum absolute atomic E-state index is 12.1. The van der Waals surface area contributed by atoms with Crippen molar-refractivity contribution < 1.29 is 14.3 Å². The highest BCUT2D eigenvalue weighted by Crippen LogP contribution is 2.36. The van der Waals surface area contributed by atoms with Crippen LogP contribution in [0.2, 0.25) is 0 Å². The molecular weight excluding hydrogens is 350 g/mol. The number of nitrogens with zero attached hydrogens (tertiary/aromatic N) is 2. The van der Waals surface area contributed by atoms with Crippen molar-refractivity contribution >= 4 is 22.4 Å². The van der Waals surface area contributed by atoms with E-state index in [-0.39, 0.29) is 12.7 Å². The third kappa shape index (κ3) is 3.83. The van der Waals surface area contributed by atoms with E-state index in [4.69, 9.17) is 9.47 Å². The quantitative estimate of drug-likeness (QED) is 0.715. The van der Waals surface area contributed by atoms with Crippen molar-refractivity contribution in [3.8, 4) is 22.8 Å². The van der Waals surface area contributed by atoms with E-state index < -0.39 is 0 Å². The van der Waals surface area contributed by atoms with E-state index in [9.17, 15) is 4.79 Å². The van der Waals surface area contributed by atoms with Gasteiger partial charge in [-0.25, -0.2) is 4.98 Å². The number of nitrogens with one attached hydrogen (secondary N) is 1.